The number of likely N-dealkylation sites (tertiary alicyclic amines) is 1. The monoisotopic (exact) mass is 195 g/mol. The highest BCUT2D eigenvalue weighted by Gasteiger charge is 2.26. The van der Waals surface area contributed by atoms with Gasteiger partial charge in [0.25, 0.3) is 0 Å². The van der Waals surface area contributed by atoms with Crippen molar-refractivity contribution in [1.29, 1.82) is 0 Å². The fourth-order valence-corrected chi connectivity index (χ4v) is 2.34. The average molecular weight is 195 g/mol. The molecule has 1 aliphatic rings. The third-order valence-electron chi connectivity index (χ3n) is 3.35. The molecule has 1 rings (SSSR count). The maximum absolute atomic E-state index is 4.24. The molecule has 1 nitrogen and oxygen atoms in total. The van der Waals surface area contributed by atoms with Gasteiger partial charge >= 0.3 is 0 Å². The maximum atomic E-state index is 4.24. The Balaban J connectivity index is 2.67. The Hall–Kier alpha value is -0.460. The highest BCUT2D eigenvalue weighted by atomic mass is 15.2. The quantitative estimate of drug-likeness (QED) is 0.664. The van der Waals surface area contributed by atoms with Crippen LogP contribution in [0.5, 0.6) is 0 Å². The molecule has 1 heteroatoms. The van der Waals surface area contributed by atoms with Crippen molar-refractivity contribution in [1.82, 2.24) is 4.90 Å². The van der Waals surface area contributed by atoms with Crippen molar-refractivity contribution in [2.75, 3.05) is 6.54 Å². The van der Waals surface area contributed by atoms with E-state index >= 15 is 0 Å². The number of rotatable bonds is 3. The van der Waals surface area contributed by atoms with E-state index in [1.54, 1.807) is 0 Å². The molecule has 1 fully saturated rings. The number of hydrogen-bond donors (Lipinski definition) is 0. The topological polar surface area (TPSA) is 3.24 Å². The number of hydrogen-bond acceptors (Lipinski definition) is 1. The van der Waals surface area contributed by atoms with Crippen molar-refractivity contribution in [2.24, 2.45) is 11.8 Å². The Bertz CT molecular complexity index is 193. The predicted octanol–water partition coefficient (Wildman–Crippen LogP) is 3.67. The second-order valence-electron chi connectivity index (χ2n) is 5.15. The molecule has 0 bridgehead atoms. The molecule has 1 saturated heterocycles. The minimum Gasteiger partial charge on any atom is -0.372 e. The van der Waals surface area contributed by atoms with Crippen LogP contribution in [0.15, 0.2) is 12.3 Å². The molecule has 1 heterocycles. The summed E-state index contributed by atoms with van der Waals surface area (Å²) >= 11 is 0. The largest absolute Gasteiger partial charge is 0.372 e. The van der Waals surface area contributed by atoms with Crippen LogP contribution >= 0.6 is 0 Å². The Morgan fingerprint density at radius 2 is 1.86 bits per heavy atom. The first-order valence-electron chi connectivity index (χ1n) is 5.99. The first-order valence-corrected chi connectivity index (χ1v) is 5.99. The van der Waals surface area contributed by atoms with Gasteiger partial charge in [-0.15, -0.1) is 0 Å². The van der Waals surface area contributed by atoms with Crippen LogP contribution in [0.4, 0.5) is 0 Å². The van der Waals surface area contributed by atoms with E-state index in [9.17, 15) is 0 Å². The molecule has 1 unspecified atom stereocenters. The summed E-state index contributed by atoms with van der Waals surface area (Å²) in [6, 6.07) is 0.735. The second kappa shape index (κ2) is 4.86. The average Bonchev–Trinajstić information content (AvgIpc) is 2.16. The maximum Gasteiger partial charge on any atom is 0.0309 e. The second-order valence-corrected chi connectivity index (χ2v) is 5.15. The van der Waals surface area contributed by atoms with Gasteiger partial charge in [-0.25, -0.2) is 0 Å². The SMILES string of the molecule is C=C(C(C)C)N1CCCCC1C(C)C. The standard InChI is InChI=1S/C13H25N/c1-10(2)12(5)14-9-7-6-8-13(14)11(3)4/h10-11,13H,5-9H2,1-4H3. The molecular weight excluding hydrogens is 170 g/mol. The Labute approximate surface area is 89.2 Å². The third-order valence-corrected chi connectivity index (χ3v) is 3.35. The number of piperidine rings is 1. The normalized spacial score (nSPS) is 23.3. The van der Waals surface area contributed by atoms with Gasteiger partial charge in [-0.05, 0) is 31.1 Å². The van der Waals surface area contributed by atoms with Crippen molar-refractivity contribution in [3.63, 3.8) is 0 Å². The van der Waals surface area contributed by atoms with Crippen LogP contribution in [0.3, 0.4) is 0 Å². The fourth-order valence-electron chi connectivity index (χ4n) is 2.34. The molecule has 0 saturated carbocycles. The van der Waals surface area contributed by atoms with Gasteiger partial charge in [-0.1, -0.05) is 34.3 Å². The van der Waals surface area contributed by atoms with Gasteiger partial charge in [-0.2, -0.15) is 0 Å². The van der Waals surface area contributed by atoms with Crippen LogP contribution in [-0.2, 0) is 0 Å². The molecule has 0 amide bonds. The summed E-state index contributed by atoms with van der Waals surface area (Å²) in [5, 5.41) is 0. The van der Waals surface area contributed by atoms with E-state index in [0.717, 1.165) is 12.0 Å². The van der Waals surface area contributed by atoms with Crippen LogP contribution in [0.25, 0.3) is 0 Å². The van der Waals surface area contributed by atoms with E-state index in [1.165, 1.54) is 31.5 Å². The first kappa shape index (κ1) is 11.6. The molecule has 1 atom stereocenters. The zero-order valence-electron chi connectivity index (χ0n) is 10.2. The molecule has 0 aromatic carbocycles. The zero-order chi connectivity index (χ0) is 10.7. The Morgan fingerprint density at radius 3 is 2.36 bits per heavy atom. The minimum atomic E-state index is 0.592. The van der Waals surface area contributed by atoms with Crippen LogP contribution in [0, 0.1) is 11.8 Å². The summed E-state index contributed by atoms with van der Waals surface area (Å²) in [5.74, 6) is 1.35. The van der Waals surface area contributed by atoms with E-state index in [2.05, 4.69) is 39.2 Å². The molecule has 0 radical (unpaired) electrons. The fraction of sp³-hybridized carbons (Fsp3) is 0.846. The van der Waals surface area contributed by atoms with Gasteiger partial charge in [0.2, 0.25) is 0 Å². The van der Waals surface area contributed by atoms with Crippen molar-refractivity contribution in [3.8, 4) is 0 Å². The summed E-state index contributed by atoms with van der Waals surface area (Å²) in [5.41, 5.74) is 1.34. The van der Waals surface area contributed by atoms with E-state index in [4.69, 9.17) is 0 Å². The van der Waals surface area contributed by atoms with Crippen LogP contribution in [0.1, 0.15) is 47.0 Å². The molecule has 0 aliphatic carbocycles. The molecule has 0 spiro atoms. The first-order chi connectivity index (χ1) is 6.54. The van der Waals surface area contributed by atoms with Gasteiger partial charge in [0.05, 0.1) is 0 Å². The molecule has 14 heavy (non-hydrogen) atoms. The predicted molar refractivity (Wildman–Crippen MR) is 63.2 cm³/mol. The summed E-state index contributed by atoms with van der Waals surface area (Å²) in [7, 11) is 0. The van der Waals surface area contributed by atoms with Crippen LogP contribution in [0.2, 0.25) is 0 Å². The Morgan fingerprint density at radius 1 is 1.21 bits per heavy atom. The van der Waals surface area contributed by atoms with E-state index < -0.39 is 0 Å². The highest BCUT2D eigenvalue weighted by Crippen LogP contribution is 2.28. The lowest BCUT2D eigenvalue weighted by Crippen LogP contribution is -2.42. The summed E-state index contributed by atoms with van der Waals surface area (Å²) < 4.78 is 0. The minimum absolute atomic E-state index is 0.592. The molecule has 0 aromatic heterocycles. The van der Waals surface area contributed by atoms with Gasteiger partial charge in [0.1, 0.15) is 0 Å². The summed E-state index contributed by atoms with van der Waals surface area (Å²) in [6.45, 7) is 14.6. The van der Waals surface area contributed by atoms with Crippen LogP contribution in [-0.4, -0.2) is 17.5 Å². The lowest BCUT2D eigenvalue weighted by Gasteiger charge is -2.42. The van der Waals surface area contributed by atoms with Crippen molar-refractivity contribution in [2.45, 2.75) is 53.0 Å². The Kier molecular flexibility index (Phi) is 4.03. The zero-order valence-corrected chi connectivity index (χ0v) is 10.2. The summed E-state index contributed by atoms with van der Waals surface area (Å²) in [4.78, 5) is 2.55. The van der Waals surface area contributed by atoms with Crippen molar-refractivity contribution in [3.05, 3.63) is 12.3 Å². The highest BCUT2D eigenvalue weighted by molar-refractivity contribution is 5.01. The van der Waals surface area contributed by atoms with Gasteiger partial charge < -0.3 is 4.90 Å². The lowest BCUT2D eigenvalue weighted by atomic mass is 9.91. The molecule has 82 valence electrons. The lowest BCUT2D eigenvalue weighted by molar-refractivity contribution is 0.140. The third kappa shape index (κ3) is 2.52. The summed E-state index contributed by atoms with van der Waals surface area (Å²) in [6.07, 6.45) is 4.09. The van der Waals surface area contributed by atoms with E-state index in [-0.39, 0.29) is 0 Å². The smallest absolute Gasteiger partial charge is 0.0309 e. The van der Waals surface area contributed by atoms with Crippen molar-refractivity contribution < 1.29 is 0 Å². The van der Waals surface area contributed by atoms with E-state index in [1.807, 2.05) is 0 Å². The van der Waals surface area contributed by atoms with Gasteiger partial charge in [0.15, 0.2) is 0 Å². The molecule has 0 aromatic rings. The van der Waals surface area contributed by atoms with Crippen molar-refractivity contribution >= 4 is 0 Å². The molecule has 0 N–H and O–H groups in total. The van der Waals surface area contributed by atoms with Gasteiger partial charge in [-0.3, -0.25) is 0 Å². The number of nitrogens with zero attached hydrogens (tertiary/aromatic N) is 1. The molecular formula is C13H25N. The van der Waals surface area contributed by atoms with Gasteiger partial charge in [0, 0.05) is 18.3 Å². The van der Waals surface area contributed by atoms with Crippen LogP contribution < -0.4 is 0 Å². The number of allylic oxidation sites excluding steroid dienone is 1. The van der Waals surface area contributed by atoms with E-state index in [0.29, 0.717) is 5.92 Å². The molecule has 1 aliphatic heterocycles.